The molecule has 0 aromatic carbocycles. The van der Waals surface area contributed by atoms with Gasteiger partial charge in [0.25, 0.3) is 0 Å². The van der Waals surface area contributed by atoms with Gasteiger partial charge in [0.15, 0.2) is 5.96 Å². The number of hydrogen-bond acceptors (Lipinski definition) is 3. The molecule has 0 saturated heterocycles. The van der Waals surface area contributed by atoms with Gasteiger partial charge in [-0.3, -0.25) is 9.79 Å². The van der Waals surface area contributed by atoms with Gasteiger partial charge in [0, 0.05) is 19.1 Å². The van der Waals surface area contributed by atoms with Crippen molar-refractivity contribution in [1.82, 2.24) is 16.0 Å². The van der Waals surface area contributed by atoms with Crippen LogP contribution in [0.5, 0.6) is 0 Å². The number of carbonyl (C=O) groups is 1. The molecule has 0 aliphatic heterocycles. The van der Waals surface area contributed by atoms with Gasteiger partial charge in [0.2, 0.25) is 5.91 Å². The molecule has 0 aliphatic rings. The number of nitrogens with zero attached hydrogens (tertiary/aromatic N) is 1. The molecule has 1 aromatic rings. The first-order valence-electron chi connectivity index (χ1n) is 7.09. The molecule has 1 heterocycles. The first-order valence-corrected chi connectivity index (χ1v) is 8.03. The van der Waals surface area contributed by atoms with Crippen LogP contribution in [0.25, 0.3) is 0 Å². The Bertz CT molecular complexity index is 468. The van der Waals surface area contributed by atoms with Crippen molar-refractivity contribution in [3.05, 3.63) is 22.4 Å². The summed E-state index contributed by atoms with van der Waals surface area (Å²) in [6.45, 7) is 9.03. The first kappa shape index (κ1) is 21.2. The summed E-state index contributed by atoms with van der Waals surface area (Å²) in [5.41, 5.74) is 1.09. The lowest BCUT2D eigenvalue weighted by Crippen LogP contribution is -2.48. The summed E-state index contributed by atoms with van der Waals surface area (Å²) in [4.78, 5) is 15.9. The fraction of sp³-hybridized carbons (Fsp3) is 0.600. The van der Waals surface area contributed by atoms with E-state index in [4.69, 9.17) is 0 Å². The Kier molecular flexibility index (Phi) is 9.66. The number of rotatable bonds is 5. The zero-order chi connectivity index (χ0) is 15.9. The topological polar surface area (TPSA) is 65.5 Å². The van der Waals surface area contributed by atoms with Crippen LogP contribution < -0.4 is 16.0 Å². The highest BCUT2D eigenvalue weighted by Gasteiger charge is 2.14. The number of guanidine groups is 1. The molecule has 1 atom stereocenters. The number of thiophene rings is 1. The van der Waals surface area contributed by atoms with Crippen LogP contribution in [0.2, 0.25) is 0 Å². The first-order chi connectivity index (χ1) is 9.81. The van der Waals surface area contributed by atoms with E-state index in [0.29, 0.717) is 11.9 Å². The molecule has 3 N–H and O–H groups in total. The maximum atomic E-state index is 11.7. The van der Waals surface area contributed by atoms with E-state index in [-0.39, 0.29) is 42.0 Å². The van der Waals surface area contributed by atoms with Crippen molar-refractivity contribution in [3.63, 3.8) is 0 Å². The second-order valence-electron chi connectivity index (χ2n) is 6.06. The lowest BCUT2D eigenvalue weighted by atomic mass is 10.1. The SMILES string of the molecule is CN=C(NCC(=O)NC(C)(C)C)NCC(C)c1ccsc1.I. The molecule has 1 rings (SSSR count). The van der Waals surface area contributed by atoms with E-state index in [0.717, 1.165) is 6.54 Å². The van der Waals surface area contributed by atoms with Gasteiger partial charge in [-0.25, -0.2) is 0 Å². The molecule has 0 radical (unpaired) electrons. The Balaban J connectivity index is 0.00000441. The van der Waals surface area contributed by atoms with E-state index in [1.54, 1.807) is 18.4 Å². The van der Waals surface area contributed by atoms with E-state index >= 15 is 0 Å². The molecule has 0 fully saturated rings. The van der Waals surface area contributed by atoms with E-state index in [2.05, 4.69) is 44.7 Å². The van der Waals surface area contributed by atoms with Crippen LogP contribution in [0.15, 0.2) is 21.8 Å². The second-order valence-corrected chi connectivity index (χ2v) is 6.84. The van der Waals surface area contributed by atoms with Crippen LogP contribution in [-0.4, -0.2) is 37.5 Å². The Morgan fingerprint density at radius 2 is 2.05 bits per heavy atom. The second kappa shape index (κ2) is 10.0. The number of carbonyl (C=O) groups excluding carboxylic acids is 1. The monoisotopic (exact) mass is 438 g/mol. The van der Waals surface area contributed by atoms with Crippen LogP contribution >= 0.6 is 35.3 Å². The lowest BCUT2D eigenvalue weighted by Gasteiger charge is -2.21. The van der Waals surface area contributed by atoms with Crippen molar-refractivity contribution in [1.29, 1.82) is 0 Å². The summed E-state index contributed by atoms with van der Waals surface area (Å²) in [6, 6.07) is 2.13. The number of nitrogens with one attached hydrogen (secondary N) is 3. The predicted octanol–water partition coefficient (Wildman–Crippen LogP) is 2.55. The van der Waals surface area contributed by atoms with Gasteiger partial charge >= 0.3 is 0 Å². The summed E-state index contributed by atoms with van der Waals surface area (Å²) in [7, 11) is 1.70. The minimum absolute atomic E-state index is 0. The summed E-state index contributed by atoms with van der Waals surface area (Å²) in [6.07, 6.45) is 0. The molecule has 0 bridgehead atoms. The Morgan fingerprint density at radius 3 is 2.55 bits per heavy atom. The van der Waals surface area contributed by atoms with Crippen molar-refractivity contribution in [3.8, 4) is 0 Å². The molecular formula is C15H27IN4OS. The predicted molar refractivity (Wildman–Crippen MR) is 105 cm³/mol. The third kappa shape index (κ3) is 8.57. The maximum absolute atomic E-state index is 11.7. The van der Waals surface area contributed by atoms with Crippen molar-refractivity contribution in [2.45, 2.75) is 39.2 Å². The average molecular weight is 438 g/mol. The summed E-state index contributed by atoms with van der Waals surface area (Å²) >= 11 is 1.70. The van der Waals surface area contributed by atoms with Crippen molar-refractivity contribution < 1.29 is 4.79 Å². The highest BCUT2D eigenvalue weighted by molar-refractivity contribution is 14.0. The van der Waals surface area contributed by atoms with E-state index in [1.807, 2.05) is 20.8 Å². The van der Waals surface area contributed by atoms with Gasteiger partial charge in [-0.1, -0.05) is 6.92 Å². The van der Waals surface area contributed by atoms with Crippen molar-refractivity contribution in [2.75, 3.05) is 20.1 Å². The highest BCUT2D eigenvalue weighted by atomic mass is 127. The molecule has 0 spiro atoms. The third-order valence-corrected chi connectivity index (χ3v) is 3.54. The van der Waals surface area contributed by atoms with Gasteiger partial charge in [0.1, 0.15) is 0 Å². The molecular weight excluding hydrogens is 411 g/mol. The van der Waals surface area contributed by atoms with Crippen LogP contribution in [0.4, 0.5) is 0 Å². The van der Waals surface area contributed by atoms with E-state index < -0.39 is 0 Å². The Labute approximate surface area is 154 Å². The Morgan fingerprint density at radius 1 is 1.36 bits per heavy atom. The van der Waals surface area contributed by atoms with Crippen LogP contribution in [-0.2, 0) is 4.79 Å². The molecule has 22 heavy (non-hydrogen) atoms. The number of amides is 1. The molecule has 126 valence electrons. The average Bonchev–Trinajstić information content (AvgIpc) is 2.90. The van der Waals surface area contributed by atoms with Crippen LogP contribution in [0, 0.1) is 0 Å². The smallest absolute Gasteiger partial charge is 0.239 e. The number of halogens is 1. The standard InChI is InChI=1S/C15H26N4OS.HI/c1-11(12-6-7-21-10-12)8-17-14(16-5)18-9-13(20)19-15(2,3)4;/h6-7,10-11H,8-9H2,1-5H3,(H,19,20)(H2,16,17,18);1H. The Hall–Kier alpha value is -0.830. The van der Waals surface area contributed by atoms with Crippen molar-refractivity contribution >= 4 is 47.2 Å². The summed E-state index contributed by atoms with van der Waals surface area (Å²) < 4.78 is 0. The molecule has 1 amide bonds. The van der Waals surface area contributed by atoms with Crippen LogP contribution in [0.1, 0.15) is 39.2 Å². The van der Waals surface area contributed by atoms with E-state index in [9.17, 15) is 4.79 Å². The molecule has 0 aliphatic carbocycles. The zero-order valence-electron chi connectivity index (χ0n) is 13.9. The highest BCUT2D eigenvalue weighted by Crippen LogP contribution is 2.16. The molecule has 7 heteroatoms. The van der Waals surface area contributed by atoms with E-state index in [1.165, 1.54) is 5.56 Å². The molecule has 1 unspecified atom stereocenters. The minimum atomic E-state index is -0.219. The van der Waals surface area contributed by atoms with Gasteiger partial charge in [-0.05, 0) is 49.1 Å². The van der Waals surface area contributed by atoms with Gasteiger partial charge in [0.05, 0.1) is 6.54 Å². The fourth-order valence-electron chi connectivity index (χ4n) is 1.77. The number of aliphatic imine (C=N–C) groups is 1. The minimum Gasteiger partial charge on any atom is -0.356 e. The van der Waals surface area contributed by atoms with Crippen molar-refractivity contribution in [2.24, 2.45) is 4.99 Å². The lowest BCUT2D eigenvalue weighted by molar-refractivity contribution is -0.121. The largest absolute Gasteiger partial charge is 0.356 e. The summed E-state index contributed by atoms with van der Waals surface area (Å²) in [5.74, 6) is 0.996. The van der Waals surface area contributed by atoms with Gasteiger partial charge < -0.3 is 16.0 Å². The molecule has 0 saturated carbocycles. The molecule has 1 aromatic heterocycles. The van der Waals surface area contributed by atoms with Gasteiger partial charge in [-0.2, -0.15) is 11.3 Å². The number of hydrogen-bond donors (Lipinski definition) is 3. The quantitative estimate of drug-likeness (QED) is 0.376. The van der Waals surface area contributed by atoms with Crippen LogP contribution in [0.3, 0.4) is 0 Å². The molecule has 5 nitrogen and oxygen atoms in total. The zero-order valence-corrected chi connectivity index (χ0v) is 17.0. The summed E-state index contributed by atoms with van der Waals surface area (Å²) in [5, 5.41) is 13.4. The van der Waals surface area contributed by atoms with Gasteiger partial charge in [-0.15, -0.1) is 24.0 Å². The normalized spacial score (nSPS) is 13.0. The third-order valence-electron chi connectivity index (χ3n) is 2.84. The maximum Gasteiger partial charge on any atom is 0.239 e. The fourth-order valence-corrected chi connectivity index (χ4v) is 2.55.